The Morgan fingerprint density at radius 2 is 2.00 bits per heavy atom. The summed E-state index contributed by atoms with van der Waals surface area (Å²) >= 11 is 0. The minimum atomic E-state index is 0.417. The van der Waals surface area contributed by atoms with E-state index in [0.717, 1.165) is 12.8 Å². The Morgan fingerprint density at radius 1 is 1.50 bits per heavy atom. The van der Waals surface area contributed by atoms with Crippen molar-refractivity contribution in [3.05, 3.63) is 0 Å². The average molecular weight is 80.9 g/mol. The van der Waals surface area contributed by atoms with Crippen LogP contribution in [-0.4, -0.2) is 13.9 Å². The highest BCUT2D eigenvalue weighted by Crippen LogP contribution is 2.27. The zero-order valence-corrected chi connectivity index (χ0v) is 3.72. The molecule has 1 aliphatic carbocycles. The summed E-state index contributed by atoms with van der Waals surface area (Å²) in [5, 5.41) is 0. The summed E-state index contributed by atoms with van der Waals surface area (Å²) in [6.45, 7) is 0. The molecule has 1 aliphatic rings. The van der Waals surface area contributed by atoms with Crippen molar-refractivity contribution in [3.63, 3.8) is 0 Å². The molecule has 1 saturated carbocycles. The van der Waals surface area contributed by atoms with Crippen molar-refractivity contribution in [2.24, 2.45) is 5.73 Å². The second-order valence-electron chi connectivity index (χ2n) is 1.99. The molecule has 1 fully saturated rings. The van der Waals surface area contributed by atoms with Crippen molar-refractivity contribution < 1.29 is 0 Å². The molecule has 0 aromatic carbocycles. The van der Waals surface area contributed by atoms with Crippen molar-refractivity contribution in [2.45, 2.75) is 24.7 Å². The Balaban J connectivity index is 2.11. The molecule has 0 amide bonds. The molecule has 0 spiro atoms. The maximum Gasteiger partial charge on any atom is 0.0701 e. The Bertz CT molecular complexity index is 43.5. The van der Waals surface area contributed by atoms with Crippen LogP contribution >= 0.6 is 0 Å². The minimum absolute atomic E-state index is 0.417. The third-order valence-electron chi connectivity index (χ3n) is 1.21. The lowest BCUT2D eigenvalue weighted by Gasteiger charge is -2.28. The van der Waals surface area contributed by atoms with E-state index in [1.54, 1.807) is 0 Å². The van der Waals surface area contributed by atoms with Crippen molar-refractivity contribution in [2.75, 3.05) is 0 Å². The zero-order chi connectivity index (χ0) is 4.57. The fourth-order valence-electron chi connectivity index (χ4n) is 0.709. The third-order valence-corrected chi connectivity index (χ3v) is 1.21. The van der Waals surface area contributed by atoms with E-state index in [1.807, 2.05) is 0 Å². The van der Waals surface area contributed by atoms with E-state index in [-0.39, 0.29) is 0 Å². The second-order valence-corrected chi connectivity index (χ2v) is 1.99. The molecule has 2 radical (unpaired) electrons. The minimum Gasteiger partial charge on any atom is -0.328 e. The van der Waals surface area contributed by atoms with E-state index in [0.29, 0.717) is 11.9 Å². The van der Waals surface area contributed by atoms with Crippen LogP contribution in [-0.2, 0) is 0 Å². The van der Waals surface area contributed by atoms with Gasteiger partial charge >= 0.3 is 0 Å². The Hall–Kier alpha value is 0.0249. The summed E-state index contributed by atoms with van der Waals surface area (Å²) < 4.78 is 0. The highest BCUT2D eigenvalue weighted by molar-refractivity contribution is 6.12. The lowest BCUT2D eigenvalue weighted by molar-refractivity contribution is 0.418. The Kier molecular flexibility index (Phi) is 0.883. The van der Waals surface area contributed by atoms with Crippen molar-refractivity contribution in [1.29, 1.82) is 0 Å². The van der Waals surface area contributed by atoms with Gasteiger partial charge in [0.25, 0.3) is 0 Å². The molecular weight excluding hydrogens is 72.9 g/mol. The summed E-state index contributed by atoms with van der Waals surface area (Å²) in [4.78, 5) is 0. The van der Waals surface area contributed by atoms with Crippen LogP contribution < -0.4 is 5.73 Å². The van der Waals surface area contributed by atoms with Crippen LogP contribution in [0.15, 0.2) is 0 Å². The van der Waals surface area contributed by atoms with Gasteiger partial charge in [0.05, 0.1) is 7.85 Å². The van der Waals surface area contributed by atoms with Gasteiger partial charge in [-0.2, -0.15) is 0 Å². The van der Waals surface area contributed by atoms with Gasteiger partial charge in [-0.25, -0.2) is 0 Å². The van der Waals surface area contributed by atoms with Crippen LogP contribution in [0.2, 0.25) is 5.82 Å². The van der Waals surface area contributed by atoms with Crippen LogP contribution in [0.5, 0.6) is 0 Å². The first-order valence-corrected chi connectivity index (χ1v) is 2.30. The van der Waals surface area contributed by atoms with Crippen LogP contribution in [0, 0.1) is 0 Å². The summed E-state index contributed by atoms with van der Waals surface area (Å²) in [5.74, 6) is 0.417. The summed E-state index contributed by atoms with van der Waals surface area (Å²) in [7, 11) is 5.39. The number of hydrogen-bond donors (Lipinski definition) is 1. The van der Waals surface area contributed by atoms with Gasteiger partial charge in [-0.05, 0) is 12.8 Å². The molecule has 2 N–H and O–H groups in total. The molecule has 0 aromatic rings. The molecule has 0 unspecified atom stereocenters. The topological polar surface area (TPSA) is 26.0 Å². The summed E-state index contributed by atoms with van der Waals surface area (Å²) in [6, 6.07) is 0.417. The maximum absolute atomic E-state index is 5.39. The maximum atomic E-state index is 5.39. The Morgan fingerprint density at radius 3 is 2.00 bits per heavy atom. The van der Waals surface area contributed by atoms with Gasteiger partial charge in [0.1, 0.15) is 0 Å². The fourth-order valence-corrected chi connectivity index (χ4v) is 0.709. The molecule has 0 atom stereocenters. The molecule has 0 aliphatic heterocycles. The predicted molar refractivity (Wildman–Crippen MR) is 26.7 cm³/mol. The fraction of sp³-hybridized carbons (Fsp3) is 1.00. The molecule has 32 valence electrons. The van der Waals surface area contributed by atoms with E-state index >= 15 is 0 Å². The van der Waals surface area contributed by atoms with Crippen molar-refractivity contribution >= 4 is 7.85 Å². The molecule has 0 saturated heterocycles. The van der Waals surface area contributed by atoms with Crippen molar-refractivity contribution in [3.8, 4) is 0 Å². The highest BCUT2D eigenvalue weighted by atomic mass is 14.7. The monoisotopic (exact) mass is 81.1 g/mol. The quantitative estimate of drug-likeness (QED) is 0.410. The summed E-state index contributed by atoms with van der Waals surface area (Å²) in [6.07, 6.45) is 2.06. The lowest BCUT2D eigenvalue weighted by atomic mass is 9.68. The molecule has 2 heteroatoms. The van der Waals surface area contributed by atoms with E-state index < -0.39 is 0 Å². The van der Waals surface area contributed by atoms with Crippen LogP contribution in [0.4, 0.5) is 0 Å². The van der Waals surface area contributed by atoms with Gasteiger partial charge in [0.15, 0.2) is 0 Å². The molecule has 0 bridgehead atoms. The van der Waals surface area contributed by atoms with E-state index in [9.17, 15) is 0 Å². The van der Waals surface area contributed by atoms with E-state index in [1.165, 1.54) is 0 Å². The number of nitrogens with two attached hydrogens (primary N) is 1. The Labute approximate surface area is 39.3 Å². The number of hydrogen-bond acceptors (Lipinski definition) is 1. The standard InChI is InChI=1S/C4H8BN/c5-3-1-4(6)2-3/h3-4H,1-2,6H2. The highest BCUT2D eigenvalue weighted by Gasteiger charge is 2.19. The van der Waals surface area contributed by atoms with Gasteiger partial charge in [0.2, 0.25) is 0 Å². The third kappa shape index (κ3) is 0.572. The SMILES string of the molecule is [B]C1CC(N)C1. The van der Waals surface area contributed by atoms with Crippen LogP contribution in [0.3, 0.4) is 0 Å². The molecule has 1 nitrogen and oxygen atoms in total. The van der Waals surface area contributed by atoms with Crippen LogP contribution in [0.25, 0.3) is 0 Å². The van der Waals surface area contributed by atoms with Gasteiger partial charge in [-0.3, -0.25) is 0 Å². The average Bonchev–Trinajstić information content (AvgIpc) is 1.33. The molecule has 1 rings (SSSR count). The predicted octanol–water partition coefficient (Wildman–Crippen LogP) is 0.0645. The van der Waals surface area contributed by atoms with Gasteiger partial charge in [-0.1, -0.05) is 5.82 Å². The number of rotatable bonds is 0. The van der Waals surface area contributed by atoms with E-state index in [2.05, 4.69) is 0 Å². The first-order chi connectivity index (χ1) is 2.79. The zero-order valence-electron chi connectivity index (χ0n) is 3.72. The molecule has 6 heavy (non-hydrogen) atoms. The molecule has 0 aromatic heterocycles. The van der Waals surface area contributed by atoms with Gasteiger partial charge < -0.3 is 5.73 Å². The normalized spacial score (nSPS) is 44.8. The van der Waals surface area contributed by atoms with E-state index in [4.69, 9.17) is 13.6 Å². The first kappa shape index (κ1) is 4.19. The molecule has 0 heterocycles. The molecular formula is C4H8BN. The second kappa shape index (κ2) is 1.26. The van der Waals surface area contributed by atoms with Crippen LogP contribution in [0.1, 0.15) is 12.8 Å². The van der Waals surface area contributed by atoms with Gasteiger partial charge in [0, 0.05) is 6.04 Å². The summed E-state index contributed by atoms with van der Waals surface area (Å²) in [5.41, 5.74) is 5.39. The van der Waals surface area contributed by atoms with Crippen molar-refractivity contribution in [1.82, 2.24) is 0 Å². The smallest absolute Gasteiger partial charge is 0.0701 e. The first-order valence-electron chi connectivity index (χ1n) is 2.30. The van der Waals surface area contributed by atoms with Gasteiger partial charge in [-0.15, -0.1) is 0 Å². The largest absolute Gasteiger partial charge is 0.328 e. The lowest BCUT2D eigenvalue weighted by Crippen LogP contribution is -2.32.